The van der Waals surface area contributed by atoms with Crippen LogP contribution in [-0.2, 0) is 16.4 Å². The summed E-state index contributed by atoms with van der Waals surface area (Å²) < 4.78 is 24.8. The lowest BCUT2D eigenvalue weighted by Crippen LogP contribution is -2.10. The highest BCUT2D eigenvalue weighted by molar-refractivity contribution is 7.92. The van der Waals surface area contributed by atoms with Crippen molar-refractivity contribution < 1.29 is 8.42 Å². The summed E-state index contributed by atoms with van der Waals surface area (Å²) in [7, 11) is -3.23. The molecule has 0 saturated heterocycles. The van der Waals surface area contributed by atoms with Crippen LogP contribution >= 0.6 is 0 Å². The van der Waals surface area contributed by atoms with Gasteiger partial charge >= 0.3 is 0 Å². The van der Waals surface area contributed by atoms with Crippen LogP contribution in [0.1, 0.15) is 5.56 Å². The van der Waals surface area contributed by atoms with Crippen molar-refractivity contribution in [3.63, 3.8) is 0 Å². The monoisotopic (exact) mass is 341 g/mol. The highest BCUT2D eigenvalue weighted by atomic mass is 32.2. The van der Waals surface area contributed by atoms with Crippen LogP contribution in [0.4, 0.5) is 11.5 Å². The maximum absolute atomic E-state index is 11.2. The van der Waals surface area contributed by atoms with Crippen molar-refractivity contribution in [3.05, 3.63) is 66.4 Å². The molecule has 0 fully saturated rings. The van der Waals surface area contributed by atoms with Crippen molar-refractivity contribution in [2.24, 2.45) is 0 Å². The summed E-state index contributed by atoms with van der Waals surface area (Å²) in [5.41, 5.74) is 1.70. The van der Waals surface area contributed by atoms with Gasteiger partial charge in [0.2, 0.25) is 10.0 Å². The fourth-order valence-electron chi connectivity index (χ4n) is 2.54. The Morgan fingerprint density at radius 3 is 2.50 bits per heavy atom. The minimum Gasteiger partial charge on any atom is -0.369 e. The Balaban J connectivity index is 1.62. The molecule has 3 rings (SSSR count). The van der Waals surface area contributed by atoms with E-state index in [-0.39, 0.29) is 0 Å². The third-order valence-electron chi connectivity index (χ3n) is 3.64. The quantitative estimate of drug-likeness (QED) is 0.722. The number of fused-ring (bicyclic) bond motifs is 1. The molecule has 0 unspecified atom stereocenters. The Labute approximate surface area is 141 Å². The first kappa shape index (κ1) is 16.3. The van der Waals surface area contributed by atoms with Gasteiger partial charge < -0.3 is 5.32 Å². The van der Waals surface area contributed by atoms with Crippen molar-refractivity contribution in [2.75, 3.05) is 22.8 Å². The maximum atomic E-state index is 11.2. The van der Waals surface area contributed by atoms with Gasteiger partial charge in [-0.3, -0.25) is 4.72 Å². The molecule has 0 radical (unpaired) electrons. The number of anilines is 2. The summed E-state index contributed by atoms with van der Waals surface area (Å²) in [6.45, 7) is 0.750. The van der Waals surface area contributed by atoms with E-state index in [0.29, 0.717) is 5.69 Å². The molecule has 6 heteroatoms. The first-order valence-corrected chi connectivity index (χ1v) is 9.55. The summed E-state index contributed by atoms with van der Waals surface area (Å²) in [4.78, 5) is 4.40. The SMILES string of the molecule is CS(=O)(=O)Nc1ccc(CCNc2nccc3ccccc23)cc1. The maximum Gasteiger partial charge on any atom is 0.229 e. The van der Waals surface area contributed by atoms with Gasteiger partial charge in [-0.15, -0.1) is 0 Å². The summed E-state index contributed by atoms with van der Waals surface area (Å²) in [6, 6.07) is 17.5. The number of nitrogens with zero attached hydrogens (tertiary/aromatic N) is 1. The van der Waals surface area contributed by atoms with Crippen LogP contribution in [0.3, 0.4) is 0 Å². The number of benzene rings is 2. The summed E-state index contributed by atoms with van der Waals surface area (Å²) in [5, 5.41) is 5.63. The van der Waals surface area contributed by atoms with Gasteiger partial charge in [-0.25, -0.2) is 13.4 Å². The van der Waals surface area contributed by atoms with Crippen LogP contribution in [0.15, 0.2) is 60.8 Å². The van der Waals surface area contributed by atoms with Gasteiger partial charge in [-0.1, -0.05) is 36.4 Å². The molecule has 0 aliphatic heterocycles. The van der Waals surface area contributed by atoms with E-state index in [1.54, 1.807) is 18.3 Å². The van der Waals surface area contributed by atoms with Crippen LogP contribution < -0.4 is 10.0 Å². The lowest BCUT2D eigenvalue weighted by atomic mass is 10.1. The van der Waals surface area contributed by atoms with Crippen LogP contribution in [0.5, 0.6) is 0 Å². The Morgan fingerprint density at radius 2 is 1.75 bits per heavy atom. The van der Waals surface area contributed by atoms with E-state index in [4.69, 9.17) is 0 Å². The van der Waals surface area contributed by atoms with E-state index >= 15 is 0 Å². The number of hydrogen-bond acceptors (Lipinski definition) is 4. The van der Waals surface area contributed by atoms with Gasteiger partial charge in [-0.2, -0.15) is 0 Å². The van der Waals surface area contributed by atoms with Gasteiger partial charge in [0.15, 0.2) is 0 Å². The van der Waals surface area contributed by atoms with Crippen LogP contribution in [-0.4, -0.2) is 26.2 Å². The molecule has 24 heavy (non-hydrogen) atoms. The Hall–Kier alpha value is -2.60. The molecule has 1 aromatic heterocycles. The third kappa shape index (κ3) is 4.23. The summed E-state index contributed by atoms with van der Waals surface area (Å²) in [5.74, 6) is 0.878. The topological polar surface area (TPSA) is 71.1 Å². The normalized spacial score (nSPS) is 11.4. The lowest BCUT2D eigenvalue weighted by Gasteiger charge is -2.09. The fourth-order valence-corrected chi connectivity index (χ4v) is 3.10. The van der Waals surface area contributed by atoms with E-state index in [1.807, 2.05) is 30.3 Å². The van der Waals surface area contributed by atoms with Crippen molar-refractivity contribution >= 4 is 32.3 Å². The largest absolute Gasteiger partial charge is 0.369 e. The predicted octanol–water partition coefficient (Wildman–Crippen LogP) is 3.26. The van der Waals surface area contributed by atoms with Crippen molar-refractivity contribution in [2.45, 2.75) is 6.42 Å². The van der Waals surface area contributed by atoms with Gasteiger partial charge in [0.1, 0.15) is 5.82 Å². The molecule has 2 N–H and O–H groups in total. The van der Waals surface area contributed by atoms with E-state index in [2.05, 4.69) is 27.2 Å². The number of hydrogen-bond donors (Lipinski definition) is 2. The average Bonchev–Trinajstić information content (AvgIpc) is 2.55. The van der Waals surface area contributed by atoms with Gasteiger partial charge in [-0.05, 0) is 35.6 Å². The van der Waals surface area contributed by atoms with Crippen LogP contribution in [0, 0.1) is 0 Å². The molecule has 0 aliphatic rings. The number of nitrogens with one attached hydrogen (secondary N) is 2. The average molecular weight is 341 g/mol. The molecule has 0 aliphatic carbocycles. The van der Waals surface area contributed by atoms with Gasteiger partial charge in [0.05, 0.1) is 6.26 Å². The van der Waals surface area contributed by atoms with E-state index < -0.39 is 10.0 Å². The Kier molecular flexibility index (Phi) is 4.66. The van der Waals surface area contributed by atoms with Crippen molar-refractivity contribution in [1.82, 2.24) is 4.98 Å². The fraction of sp³-hybridized carbons (Fsp3) is 0.167. The number of pyridine rings is 1. The van der Waals surface area contributed by atoms with E-state index in [9.17, 15) is 8.42 Å². The highest BCUT2D eigenvalue weighted by Gasteiger charge is 2.03. The van der Waals surface area contributed by atoms with E-state index in [1.165, 1.54) is 0 Å². The third-order valence-corrected chi connectivity index (χ3v) is 4.24. The second kappa shape index (κ2) is 6.88. The minimum atomic E-state index is -3.23. The first-order chi connectivity index (χ1) is 11.5. The first-order valence-electron chi connectivity index (χ1n) is 7.66. The number of aromatic nitrogens is 1. The van der Waals surface area contributed by atoms with Gasteiger partial charge in [0, 0.05) is 23.8 Å². The molecule has 0 atom stereocenters. The molecule has 0 spiro atoms. The summed E-state index contributed by atoms with van der Waals surface area (Å²) in [6.07, 6.45) is 3.77. The number of sulfonamides is 1. The zero-order chi connectivity index (χ0) is 17.0. The molecular formula is C18H19N3O2S. The second-order valence-electron chi connectivity index (χ2n) is 5.63. The molecule has 0 amide bonds. The molecule has 2 aromatic carbocycles. The standard InChI is InChI=1S/C18H19N3O2S/c1-24(22,23)21-16-8-6-14(7-9-16)10-12-19-18-17-5-3-2-4-15(17)11-13-20-18/h2-9,11,13,21H,10,12H2,1H3,(H,19,20). The summed E-state index contributed by atoms with van der Waals surface area (Å²) >= 11 is 0. The zero-order valence-corrected chi connectivity index (χ0v) is 14.2. The Bertz CT molecular complexity index is 933. The molecule has 124 valence electrons. The molecule has 0 bridgehead atoms. The number of rotatable bonds is 6. The molecule has 5 nitrogen and oxygen atoms in total. The molecule has 3 aromatic rings. The predicted molar refractivity (Wildman–Crippen MR) is 98.8 cm³/mol. The van der Waals surface area contributed by atoms with E-state index in [0.717, 1.165) is 41.4 Å². The Morgan fingerprint density at radius 1 is 1.00 bits per heavy atom. The van der Waals surface area contributed by atoms with Crippen LogP contribution in [0.2, 0.25) is 0 Å². The molecular weight excluding hydrogens is 322 g/mol. The lowest BCUT2D eigenvalue weighted by molar-refractivity contribution is 0.607. The molecule has 0 saturated carbocycles. The van der Waals surface area contributed by atoms with Gasteiger partial charge in [0.25, 0.3) is 0 Å². The minimum absolute atomic E-state index is 0.574. The molecule has 1 heterocycles. The van der Waals surface area contributed by atoms with Crippen molar-refractivity contribution in [1.29, 1.82) is 0 Å². The van der Waals surface area contributed by atoms with Crippen LogP contribution in [0.25, 0.3) is 10.8 Å². The zero-order valence-electron chi connectivity index (χ0n) is 13.4. The second-order valence-corrected chi connectivity index (χ2v) is 7.38. The van der Waals surface area contributed by atoms with Crippen molar-refractivity contribution in [3.8, 4) is 0 Å². The smallest absolute Gasteiger partial charge is 0.229 e. The highest BCUT2D eigenvalue weighted by Crippen LogP contribution is 2.20.